The van der Waals surface area contributed by atoms with Crippen molar-refractivity contribution < 1.29 is 14.6 Å². The van der Waals surface area contributed by atoms with Gasteiger partial charge in [0.15, 0.2) is 0 Å². The molecule has 0 spiro atoms. The highest BCUT2D eigenvalue weighted by atomic mass is 16.5. The Morgan fingerprint density at radius 2 is 1.85 bits per heavy atom. The Morgan fingerprint density at radius 1 is 1.19 bits per heavy atom. The minimum Gasteiger partial charge on any atom is -0.497 e. The molecule has 27 heavy (non-hydrogen) atoms. The molecule has 2 N–H and O–H groups in total. The Kier molecular flexibility index (Phi) is 5.52. The number of nitrogens with zero attached hydrogens (tertiary/aromatic N) is 2. The summed E-state index contributed by atoms with van der Waals surface area (Å²) in [5.74, 6) is 0.291. The van der Waals surface area contributed by atoms with Gasteiger partial charge in [0.1, 0.15) is 12.3 Å². The van der Waals surface area contributed by atoms with Gasteiger partial charge in [-0.15, -0.1) is 0 Å². The van der Waals surface area contributed by atoms with Gasteiger partial charge in [-0.05, 0) is 30.7 Å². The number of hydrogen-bond acceptors (Lipinski definition) is 5. The molecule has 0 saturated carbocycles. The number of amides is 1. The van der Waals surface area contributed by atoms with E-state index in [2.05, 4.69) is 10.4 Å². The second-order valence-corrected chi connectivity index (χ2v) is 6.19. The number of ether oxygens (including phenoxy) is 1. The third-order valence-electron chi connectivity index (χ3n) is 4.34. The van der Waals surface area contributed by atoms with E-state index in [1.54, 1.807) is 50.4 Å². The van der Waals surface area contributed by atoms with Crippen LogP contribution in [0.15, 0.2) is 53.3 Å². The zero-order chi connectivity index (χ0) is 19.4. The van der Waals surface area contributed by atoms with Crippen molar-refractivity contribution in [3.8, 4) is 5.75 Å². The van der Waals surface area contributed by atoms with Gasteiger partial charge < -0.3 is 15.2 Å². The lowest BCUT2D eigenvalue weighted by atomic mass is 10.1. The minimum absolute atomic E-state index is 0.0342. The van der Waals surface area contributed by atoms with E-state index in [1.807, 2.05) is 12.1 Å². The number of aliphatic hydroxyl groups excluding tert-OH is 1. The summed E-state index contributed by atoms with van der Waals surface area (Å²) >= 11 is 0. The number of hydrogen-bond donors (Lipinski definition) is 2. The summed E-state index contributed by atoms with van der Waals surface area (Å²) in [6.07, 6.45) is -0.858. The topological polar surface area (TPSA) is 93.4 Å². The summed E-state index contributed by atoms with van der Waals surface area (Å²) in [6.45, 7) is 1.62. The zero-order valence-corrected chi connectivity index (χ0v) is 15.2. The lowest BCUT2D eigenvalue weighted by molar-refractivity contribution is -0.122. The Hall–Kier alpha value is -3.19. The Morgan fingerprint density at radius 3 is 2.52 bits per heavy atom. The molecule has 0 aliphatic rings. The molecule has 1 atom stereocenters. The molecule has 1 heterocycles. The fourth-order valence-electron chi connectivity index (χ4n) is 2.86. The van der Waals surface area contributed by atoms with Gasteiger partial charge in [0, 0.05) is 11.9 Å². The van der Waals surface area contributed by atoms with Gasteiger partial charge in [0.2, 0.25) is 5.91 Å². The van der Waals surface area contributed by atoms with Crippen LogP contribution in [0.25, 0.3) is 10.8 Å². The highest BCUT2D eigenvalue weighted by molar-refractivity contribution is 5.83. The van der Waals surface area contributed by atoms with Crippen molar-refractivity contribution >= 4 is 16.7 Å². The predicted molar refractivity (Wildman–Crippen MR) is 102 cm³/mol. The van der Waals surface area contributed by atoms with Gasteiger partial charge >= 0.3 is 0 Å². The lowest BCUT2D eigenvalue weighted by Crippen LogP contribution is -2.36. The molecule has 0 bridgehead atoms. The van der Waals surface area contributed by atoms with Crippen molar-refractivity contribution in [2.45, 2.75) is 19.6 Å². The predicted octanol–water partition coefficient (Wildman–Crippen LogP) is 1.56. The van der Waals surface area contributed by atoms with Gasteiger partial charge in [-0.25, -0.2) is 4.68 Å². The molecule has 3 rings (SSSR count). The lowest BCUT2D eigenvalue weighted by Gasteiger charge is -2.13. The van der Waals surface area contributed by atoms with Crippen molar-refractivity contribution in [3.05, 3.63) is 70.1 Å². The first-order chi connectivity index (χ1) is 13.0. The van der Waals surface area contributed by atoms with Crippen LogP contribution < -0.4 is 15.6 Å². The minimum atomic E-state index is -0.858. The summed E-state index contributed by atoms with van der Waals surface area (Å²) < 4.78 is 6.22. The van der Waals surface area contributed by atoms with E-state index in [-0.39, 0.29) is 18.6 Å². The van der Waals surface area contributed by atoms with Crippen LogP contribution in [0.1, 0.15) is 17.4 Å². The number of aryl methyl sites for hydroxylation is 1. The molecule has 7 nitrogen and oxygen atoms in total. The number of aliphatic hydroxyl groups is 1. The fraction of sp³-hybridized carbons (Fsp3) is 0.250. The average molecular weight is 367 g/mol. The van der Waals surface area contributed by atoms with Crippen LogP contribution in [0.2, 0.25) is 0 Å². The maximum Gasteiger partial charge on any atom is 0.275 e. The van der Waals surface area contributed by atoms with E-state index < -0.39 is 12.0 Å². The SMILES string of the molecule is COc1ccc(C(O)CNC(=O)Cn2nc(C)c3ccccc3c2=O)cc1. The van der Waals surface area contributed by atoms with Crippen LogP contribution in [0.4, 0.5) is 0 Å². The molecular weight excluding hydrogens is 346 g/mol. The molecule has 0 fully saturated rings. The fourth-order valence-corrected chi connectivity index (χ4v) is 2.86. The summed E-state index contributed by atoms with van der Waals surface area (Å²) in [5, 5.41) is 18.3. The molecule has 1 amide bonds. The van der Waals surface area contributed by atoms with Crippen molar-refractivity contribution in [1.29, 1.82) is 0 Å². The van der Waals surface area contributed by atoms with Crippen LogP contribution in [0.3, 0.4) is 0 Å². The number of aromatic nitrogens is 2. The van der Waals surface area contributed by atoms with Crippen molar-refractivity contribution in [2.75, 3.05) is 13.7 Å². The Bertz CT molecular complexity index is 1010. The molecule has 1 aromatic heterocycles. The monoisotopic (exact) mass is 367 g/mol. The van der Waals surface area contributed by atoms with E-state index in [0.717, 1.165) is 10.1 Å². The quantitative estimate of drug-likeness (QED) is 0.690. The molecule has 0 radical (unpaired) electrons. The standard InChI is InChI=1S/C20H21N3O4/c1-13-16-5-3-4-6-17(16)20(26)23(22-13)12-19(25)21-11-18(24)14-7-9-15(27-2)10-8-14/h3-10,18,24H,11-12H2,1-2H3,(H,21,25). The zero-order valence-electron chi connectivity index (χ0n) is 15.2. The first kappa shape index (κ1) is 18.6. The van der Waals surface area contributed by atoms with Crippen LogP contribution in [-0.2, 0) is 11.3 Å². The molecule has 7 heteroatoms. The van der Waals surface area contributed by atoms with Crippen LogP contribution >= 0.6 is 0 Å². The number of benzene rings is 2. The Labute approximate surface area is 156 Å². The molecule has 140 valence electrons. The second-order valence-electron chi connectivity index (χ2n) is 6.19. The third-order valence-corrected chi connectivity index (χ3v) is 4.34. The molecule has 1 unspecified atom stereocenters. The molecular formula is C20H21N3O4. The van der Waals surface area contributed by atoms with E-state index in [0.29, 0.717) is 22.4 Å². The number of fused-ring (bicyclic) bond motifs is 1. The molecule has 3 aromatic rings. The van der Waals surface area contributed by atoms with Crippen LogP contribution in [-0.4, -0.2) is 34.4 Å². The first-order valence-corrected chi connectivity index (χ1v) is 8.55. The maximum atomic E-state index is 12.5. The van der Waals surface area contributed by atoms with E-state index >= 15 is 0 Å². The van der Waals surface area contributed by atoms with E-state index in [4.69, 9.17) is 4.74 Å². The number of carbonyl (C=O) groups is 1. The van der Waals surface area contributed by atoms with Gasteiger partial charge in [-0.1, -0.05) is 30.3 Å². The molecule has 2 aromatic carbocycles. The highest BCUT2D eigenvalue weighted by Crippen LogP contribution is 2.17. The summed E-state index contributed by atoms with van der Waals surface area (Å²) in [6, 6.07) is 14.1. The largest absolute Gasteiger partial charge is 0.497 e. The summed E-state index contributed by atoms with van der Waals surface area (Å²) in [7, 11) is 1.57. The van der Waals surface area contributed by atoms with Crippen molar-refractivity contribution in [2.24, 2.45) is 0 Å². The number of methoxy groups -OCH3 is 1. The number of rotatable bonds is 6. The average Bonchev–Trinajstić information content (AvgIpc) is 2.70. The van der Waals surface area contributed by atoms with Crippen molar-refractivity contribution in [1.82, 2.24) is 15.1 Å². The van der Waals surface area contributed by atoms with Gasteiger partial charge in [-0.2, -0.15) is 5.10 Å². The highest BCUT2D eigenvalue weighted by Gasteiger charge is 2.13. The third kappa shape index (κ3) is 4.15. The Balaban J connectivity index is 1.66. The van der Waals surface area contributed by atoms with E-state index in [1.165, 1.54) is 0 Å². The number of carbonyl (C=O) groups excluding carboxylic acids is 1. The normalized spacial score (nSPS) is 12.0. The molecule has 0 saturated heterocycles. The first-order valence-electron chi connectivity index (χ1n) is 8.55. The van der Waals surface area contributed by atoms with Crippen LogP contribution in [0.5, 0.6) is 5.75 Å². The van der Waals surface area contributed by atoms with Crippen molar-refractivity contribution in [3.63, 3.8) is 0 Å². The summed E-state index contributed by atoms with van der Waals surface area (Å²) in [4.78, 5) is 24.7. The number of nitrogens with one attached hydrogen (secondary N) is 1. The van der Waals surface area contributed by atoms with Gasteiger partial charge in [-0.3, -0.25) is 9.59 Å². The molecule has 0 aliphatic heterocycles. The van der Waals surface area contributed by atoms with Crippen LogP contribution in [0, 0.1) is 6.92 Å². The molecule has 0 aliphatic carbocycles. The van der Waals surface area contributed by atoms with Gasteiger partial charge in [0.05, 0.1) is 24.3 Å². The van der Waals surface area contributed by atoms with Gasteiger partial charge in [0.25, 0.3) is 5.56 Å². The maximum absolute atomic E-state index is 12.5. The van der Waals surface area contributed by atoms with E-state index in [9.17, 15) is 14.7 Å². The smallest absolute Gasteiger partial charge is 0.275 e. The second kappa shape index (κ2) is 8.01. The summed E-state index contributed by atoms with van der Waals surface area (Å²) in [5.41, 5.74) is 1.02.